The average Bonchev–Trinajstić information content (AvgIpc) is 2.95. The summed E-state index contributed by atoms with van der Waals surface area (Å²) in [4.78, 5) is 51.5. The Morgan fingerprint density at radius 2 is 1.79 bits per heavy atom. The Balaban J connectivity index is 1.45. The van der Waals surface area contributed by atoms with Gasteiger partial charge in [-0.1, -0.05) is 47.5 Å². The molecule has 1 aliphatic heterocycles. The van der Waals surface area contributed by atoms with Gasteiger partial charge in [0.2, 0.25) is 11.8 Å². The van der Waals surface area contributed by atoms with Gasteiger partial charge in [0.1, 0.15) is 11.8 Å². The third-order valence-corrected chi connectivity index (χ3v) is 7.90. The monoisotopic (exact) mass is 593 g/mol. The highest BCUT2D eigenvalue weighted by Crippen LogP contribution is 2.35. The van der Waals surface area contributed by atoms with Crippen LogP contribution in [0.25, 0.3) is 6.08 Å². The topological polar surface area (TPSA) is 125 Å². The summed E-state index contributed by atoms with van der Waals surface area (Å²) in [6.45, 7) is 0.108. The van der Waals surface area contributed by atoms with Crippen molar-refractivity contribution in [2.45, 2.75) is 23.8 Å². The molecule has 3 N–H and O–H groups in total. The Bertz CT molecular complexity index is 1220. The number of carboxylic acid groups (broad SMARTS) is 1. The van der Waals surface area contributed by atoms with Crippen LogP contribution in [0.3, 0.4) is 0 Å². The molecule has 0 radical (unpaired) electrons. The lowest BCUT2D eigenvalue weighted by molar-refractivity contribution is -0.143. The summed E-state index contributed by atoms with van der Waals surface area (Å²) in [5, 5.41) is 15.3. The predicted octanol–water partition coefficient (Wildman–Crippen LogP) is 3.73. The van der Waals surface area contributed by atoms with Crippen LogP contribution >= 0.6 is 35.0 Å². The van der Waals surface area contributed by atoms with Gasteiger partial charge in [0.15, 0.2) is 6.61 Å². The first-order valence-corrected chi connectivity index (χ1v) is 14.1. The van der Waals surface area contributed by atoms with Gasteiger partial charge in [0.05, 0.1) is 10.0 Å². The Labute approximate surface area is 240 Å². The first-order valence-electron chi connectivity index (χ1n) is 12.2. The summed E-state index contributed by atoms with van der Waals surface area (Å²) >= 11 is 14.0. The summed E-state index contributed by atoms with van der Waals surface area (Å²) < 4.78 is 5.33. The molecule has 3 amide bonds. The molecular weight excluding hydrogens is 565 g/mol. The lowest BCUT2D eigenvalue weighted by atomic mass is 9.95. The molecule has 39 heavy (non-hydrogen) atoms. The SMILES string of the molecule is CSc1ccc(/C=C/C(=O)N2CCC(C(=O)N[C@@H](CNC(=O)COc3ccccc3)C(=O)O)CC2)c(Cl)c1Cl. The number of hydrogen-bond donors (Lipinski definition) is 3. The minimum atomic E-state index is -1.30. The van der Waals surface area contributed by atoms with Crippen molar-refractivity contribution < 1.29 is 29.0 Å². The maximum absolute atomic E-state index is 12.7. The van der Waals surface area contributed by atoms with Gasteiger partial charge in [-0.15, -0.1) is 11.8 Å². The van der Waals surface area contributed by atoms with Crippen molar-refractivity contribution in [3.05, 3.63) is 64.1 Å². The molecule has 0 aromatic heterocycles. The summed E-state index contributed by atoms with van der Waals surface area (Å²) in [6, 6.07) is 11.1. The second-order valence-corrected chi connectivity index (χ2v) is 10.3. The quantitative estimate of drug-likeness (QED) is 0.268. The number of piperidine rings is 1. The van der Waals surface area contributed by atoms with Crippen molar-refractivity contribution >= 4 is 64.7 Å². The van der Waals surface area contributed by atoms with E-state index in [1.54, 1.807) is 41.3 Å². The van der Waals surface area contributed by atoms with Crippen LogP contribution in [0.2, 0.25) is 10.0 Å². The molecule has 2 aromatic rings. The molecule has 1 saturated heterocycles. The number of hydrogen-bond acceptors (Lipinski definition) is 6. The minimum absolute atomic E-state index is 0.223. The fraction of sp³-hybridized carbons (Fsp3) is 0.333. The molecule has 0 bridgehead atoms. The highest BCUT2D eigenvalue weighted by Gasteiger charge is 2.30. The molecule has 1 fully saturated rings. The van der Waals surface area contributed by atoms with E-state index in [1.165, 1.54) is 17.8 Å². The zero-order valence-electron chi connectivity index (χ0n) is 21.2. The Hall–Kier alpha value is -3.21. The number of para-hydroxylation sites is 1. The highest BCUT2D eigenvalue weighted by molar-refractivity contribution is 7.98. The van der Waals surface area contributed by atoms with Gasteiger partial charge < -0.3 is 25.4 Å². The summed E-state index contributed by atoms with van der Waals surface area (Å²) in [6.07, 6.45) is 5.68. The molecule has 9 nitrogen and oxygen atoms in total. The molecule has 1 atom stereocenters. The fourth-order valence-corrected chi connectivity index (χ4v) is 5.06. The average molecular weight is 595 g/mol. The van der Waals surface area contributed by atoms with Crippen LogP contribution in [-0.2, 0) is 19.2 Å². The number of carboxylic acids is 1. The van der Waals surface area contributed by atoms with Crippen LogP contribution in [0.1, 0.15) is 18.4 Å². The molecule has 1 aliphatic rings. The van der Waals surface area contributed by atoms with E-state index >= 15 is 0 Å². The molecule has 1 heterocycles. The number of aliphatic carboxylic acids is 1. The molecule has 12 heteroatoms. The minimum Gasteiger partial charge on any atom is -0.484 e. The predicted molar refractivity (Wildman–Crippen MR) is 151 cm³/mol. The number of ether oxygens (including phenoxy) is 1. The van der Waals surface area contributed by atoms with E-state index in [9.17, 15) is 24.3 Å². The lowest BCUT2D eigenvalue weighted by Crippen LogP contribution is -2.52. The lowest BCUT2D eigenvalue weighted by Gasteiger charge is -2.31. The number of rotatable bonds is 11. The number of likely N-dealkylation sites (tertiary alicyclic amines) is 1. The normalized spacial score (nSPS) is 14.6. The number of carbonyl (C=O) groups excluding carboxylic acids is 3. The first-order chi connectivity index (χ1) is 18.7. The largest absolute Gasteiger partial charge is 0.484 e. The molecular formula is C27H29Cl2N3O6S. The van der Waals surface area contributed by atoms with Gasteiger partial charge in [0, 0.05) is 36.5 Å². The molecule has 0 aliphatic carbocycles. The Kier molecular flexibility index (Phi) is 11.5. The van der Waals surface area contributed by atoms with Crippen LogP contribution in [-0.4, -0.2) is 72.2 Å². The van der Waals surface area contributed by atoms with Crippen molar-refractivity contribution in [1.29, 1.82) is 0 Å². The smallest absolute Gasteiger partial charge is 0.328 e. The number of carbonyl (C=O) groups is 4. The Morgan fingerprint density at radius 1 is 1.10 bits per heavy atom. The number of nitrogens with zero attached hydrogens (tertiary/aromatic N) is 1. The molecule has 0 unspecified atom stereocenters. The number of nitrogens with one attached hydrogen (secondary N) is 2. The second-order valence-electron chi connectivity index (χ2n) is 8.72. The molecule has 208 valence electrons. The second kappa shape index (κ2) is 14.8. The third-order valence-electron chi connectivity index (χ3n) is 6.11. The number of benzene rings is 2. The number of halogens is 2. The summed E-state index contributed by atoms with van der Waals surface area (Å²) in [5.74, 6) is -2.38. The van der Waals surface area contributed by atoms with Crippen molar-refractivity contribution in [3.63, 3.8) is 0 Å². The van der Waals surface area contributed by atoms with Crippen molar-refractivity contribution in [2.24, 2.45) is 5.92 Å². The Morgan fingerprint density at radius 3 is 2.44 bits per heavy atom. The standard InChI is InChI=1S/C27H29Cl2N3O6S/c1-39-21-9-7-17(24(28)25(21)29)8-10-23(34)32-13-11-18(12-14-32)26(35)31-20(27(36)37)15-30-22(33)16-38-19-5-3-2-4-6-19/h2-10,18,20H,11-16H2,1H3,(H,30,33)(H,31,35)(H,36,37)/b10-8+/t20-/m0/s1. The van der Waals surface area contributed by atoms with Crippen molar-refractivity contribution in [1.82, 2.24) is 15.5 Å². The van der Waals surface area contributed by atoms with Gasteiger partial charge in [-0.05, 0) is 48.9 Å². The zero-order chi connectivity index (χ0) is 28.4. The van der Waals surface area contributed by atoms with Gasteiger partial charge in [-0.3, -0.25) is 14.4 Å². The van der Waals surface area contributed by atoms with Crippen LogP contribution in [0.5, 0.6) is 5.75 Å². The summed E-state index contributed by atoms with van der Waals surface area (Å²) in [7, 11) is 0. The van der Waals surface area contributed by atoms with Crippen molar-refractivity contribution in [3.8, 4) is 5.75 Å². The first kappa shape index (κ1) is 30.3. The van der Waals surface area contributed by atoms with E-state index in [1.807, 2.05) is 18.4 Å². The molecule has 0 saturated carbocycles. The maximum Gasteiger partial charge on any atom is 0.328 e. The van der Waals surface area contributed by atoms with Crippen LogP contribution < -0.4 is 15.4 Å². The number of thioether (sulfide) groups is 1. The van der Waals surface area contributed by atoms with Gasteiger partial charge >= 0.3 is 5.97 Å². The van der Waals surface area contributed by atoms with E-state index in [0.29, 0.717) is 47.3 Å². The van der Waals surface area contributed by atoms with Gasteiger partial charge in [-0.25, -0.2) is 4.79 Å². The maximum atomic E-state index is 12.7. The van der Waals surface area contributed by atoms with Gasteiger partial charge in [0.25, 0.3) is 5.91 Å². The van der Waals surface area contributed by atoms with E-state index in [4.69, 9.17) is 27.9 Å². The summed E-state index contributed by atoms with van der Waals surface area (Å²) in [5.41, 5.74) is 0.625. The number of amides is 3. The molecule has 2 aromatic carbocycles. The van der Waals surface area contributed by atoms with Crippen LogP contribution in [0, 0.1) is 5.92 Å². The van der Waals surface area contributed by atoms with E-state index < -0.39 is 29.7 Å². The van der Waals surface area contributed by atoms with Crippen LogP contribution in [0.4, 0.5) is 0 Å². The van der Waals surface area contributed by atoms with E-state index in [-0.39, 0.29) is 19.1 Å². The molecule has 0 spiro atoms. The molecule has 3 rings (SSSR count). The van der Waals surface area contributed by atoms with Crippen molar-refractivity contribution in [2.75, 3.05) is 32.5 Å². The van der Waals surface area contributed by atoms with Gasteiger partial charge in [-0.2, -0.15) is 0 Å². The third kappa shape index (κ3) is 8.91. The van der Waals surface area contributed by atoms with Crippen LogP contribution in [0.15, 0.2) is 53.4 Å². The highest BCUT2D eigenvalue weighted by atomic mass is 35.5. The van der Waals surface area contributed by atoms with E-state index in [2.05, 4.69) is 10.6 Å². The fourth-order valence-electron chi connectivity index (χ4n) is 3.88. The van der Waals surface area contributed by atoms with E-state index in [0.717, 1.165) is 4.90 Å². The zero-order valence-corrected chi connectivity index (χ0v) is 23.5.